The van der Waals surface area contributed by atoms with Gasteiger partial charge in [-0.3, -0.25) is 4.57 Å². The molecule has 10 rings (SSSR count). The van der Waals surface area contributed by atoms with Crippen LogP contribution in [0.2, 0.25) is 19.6 Å². The second-order valence-electron chi connectivity index (χ2n) is 22.4. The molecule has 0 bridgehead atoms. The Morgan fingerprint density at radius 1 is 0.615 bits per heavy atom. The van der Waals surface area contributed by atoms with E-state index in [9.17, 15) is 0 Å². The Kier molecular flexibility index (Phi) is 10.1. The number of ether oxygens (including phenoxy) is 1. The molecule has 7 aromatic rings. The molecule has 6 heteroatoms. The van der Waals surface area contributed by atoms with Crippen LogP contribution in [0, 0.1) is 0 Å². The van der Waals surface area contributed by atoms with Gasteiger partial charge in [-0.15, -0.1) is 0 Å². The van der Waals surface area contributed by atoms with E-state index < -0.39 is 8.07 Å². The van der Waals surface area contributed by atoms with Gasteiger partial charge in [0.2, 0.25) is 0 Å². The smallest absolute Gasteiger partial charge is 0.137 e. The molecule has 0 saturated heterocycles. The number of benzene rings is 5. The molecule has 3 aliphatic rings. The fourth-order valence-corrected chi connectivity index (χ4v) is 12.0. The lowest BCUT2D eigenvalue weighted by Gasteiger charge is -2.36. The number of hydrogen-bond acceptors (Lipinski definition) is 4. The number of aromatic nitrogens is 2. The van der Waals surface area contributed by atoms with Gasteiger partial charge in [-0.25, -0.2) is 4.98 Å². The monoisotopic (exact) mass is 883 g/mol. The third-order valence-electron chi connectivity index (χ3n) is 14.7. The maximum Gasteiger partial charge on any atom is 0.137 e. The summed E-state index contributed by atoms with van der Waals surface area (Å²) in [6.07, 6.45) is 14.6. The number of hydrogen-bond donors (Lipinski definition) is 0. The Morgan fingerprint density at radius 2 is 1.25 bits per heavy atom. The molecule has 2 aromatic heterocycles. The third-order valence-corrected chi connectivity index (χ3v) is 16.7. The zero-order valence-electron chi connectivity index (χ0n) is 44.3. The summed E-state index contributed by atoms with van der Waals surface area (Å²) in [5.74, 6) is 3.06. The quantitative estimate of drug-likeness (QED) is 0.142. The lowest BCUT2D eigenvalue weighted by Crippen LogP contribution is -2.38. The van der Waals surface area contributed by atoms with Crippen molar-refractivity contribution in [3.63, 3.8) is 0 Å². The average Bonchev–Trinajstić information content (AvgIpc) is 3.88. The van der Waals surface area contributed by atoms with E-state index in [1.807, 2.05) is 34.9 Å². The third kappa shape index (κ3) is 8.41. The van der Waals surface area contributed by atoms with Crippen molar-refractivity contribution in [3.05, 3.63) is 138 Å². The van der Waals surface area contributed by atoms with Gasteiger partial charge in [-0.1, -0.05) is 147 Å². The van der Waals surface area contributed by atoms with Gasteiger partial charge >= 0.3 is 0 Å². The zero-order valence-corrected chi connectivity index (χ0v) is 41.3. The standard InChI is InChI=1S/C59H70N4OSi/c1-58(2,3)42-30-31-60-56(34-42)63-52-25-17-16-24-48(52)49-29-28-45(38-55(49)63)64-46-35-44(36-47(37-46)65(7,8)9)61-39-62(54-27-19-18-26-53(54)61)57-50(40-20-12-10-13-21-40)32-43(59(4,5)6)33-51(57)41-22-14-11-15-23-41/h16-19,24-38,40-41H,10-15,20-23,39H2,1-9H3/i16D,17D,24D,25D. The lowest BCUT2D eigenvalue weighted by atomic mass is 9.74. The maximum absolute atomic E-state index is 9.15. The van der Waals surface area contributed by atoms with E-state index in [1.54, 1.807) is 17.3 Å². The number of rotatable bonds is 8. The molecule has 3 heterocycles. The van der Waals surface area contributed by atoms with Gasteiger partial charge in [-0.2, -0.15) is 0 Å². The van der Waals surface area contributed by atoms with Crippen LogP contribution in [0.3, 0.4) is 0 Å². The Labute approximate surface area is 395 Å². The summed E-state index contributed by atoms with van der Waals surface area (Å²) < 4.78 is 44.4. The zero-order chi connectivity index (χ0) is 48.7. The van der Waals surface area contributed by atoms with Crippen LogP contribution < -0.4 is 19.7 Å². The second-order valence-corrected chi connectivity index (χ2v) is 27.4. The van der Waals surface area contributed by atoms with Gasteiger partial charge in [-0.05, 0) is 125 Å². The molecular formula is C59H70N4OSi. The minimum Gasteiger partial charge on any atom is -0.457 e. The van der Waals surface area contributed by atoms with E-state index in [2.05, 4.69) is 126 Å². The second kappa shape index (κ2) is 16.8. The van der Waals surface area contributed by atoms with Crippen molar-refractivity contribution in [1.29, 1.82) is 0 Å². The van der Waals surface area contributed by atoms with Crippen molar-refractivity contribution in [2.24, 2.45) is 0 Å². The molecule has 0 spiro atoms. The van der Waals surface area contributed by atoms with Crippen LogP contribution >= 0.6 is 0 Å². The van der Waals surface area contributed by atoms with E-state index in [1.165, 1.54) is 92.0 Å². The molecule has 2 aliphatic carbocycles. The van der Waals surface area contributed by atoms with Crippen LogP contribution in [0.25, 0.3) is 27.6 Å². The SMILES string of the molecule is [2H]c1c([2H])c([2H])c2c(c1[2H])c1ccc(Oc3cc(N4CN(c5c(C6CCCCC6)cc(C(C)(C)C)cc5C5CCCCC5)c5ccccc54)cc([Si](C)(C)C)c3)cc1n2-c1cc(C(C)(C)C)ccn1. The molecule has 5 aromatic carbocycles. The lowest BCUT2D eigenvalue weighted by molar-refractivity contribution is 0.434. The molecule has 5 nitrogen and oxygen atoms in total. The van der Waals surface area contributed by atoms with Crippen molar-refractivity contribution in [3.8, 4) is 17.3 Å². The van der Waals surface area contributed by atoms with Crippen LogP contribution in [-0.2, 0) is 10.8 Å². The van der Waals surface area contributed by atoms with Crippen LogP contribution in [0.4, 0.5) is 22.7 Å². The molecule has 2 saturated carbocycles. The number of para-hydroxylation sites is 3. The molecule has 0 radical (unpaired) electrons. The van der Waals surface area contributed by atoms with Crippen molar-refractivity contribution in [1.82, 2.24) is 9.55 Å². The fraction of sp³-hybridized carbons (Fsp3) is 0.407. The van der Waals surface area contributed by atoms with E-state index in [0.29, 0.717) is 51.9 Å². The number of fused-ring (bicyclic) bond motifs is 4. The van der Waals surface area contributed by atoms with E-state index >= 15 is 0 Å². The van der Waals surface area contributed by atoms with Gasteiger partial charge in [0.15, 0.2) is 0 Å². The number of anilines is 4. The van der Waals surface area contributed by atoms with Crippen molar-refractivity contribution < 1.29 is 10.2 Å². The normalized spacial score (nSPS) is 17.6. The van der Waals surface area contributed by atoms with Gasteiger partial charge in [0.1, 0.15) is 24.0 Å². The number of nitrogens with zero attached hydrogens (tertiary/aromatic N) is 4. The summed E-state index contributed by atoms with van der Waals surface area (Å²) in [6.45, 7) is 21.5. The highest BCUT2D eigenvalue weighted by Crippen LogP contribution is 2.53. The minimum absolute atomic E-state index is 0.0510. The largest absolute Gasteiger partial charge is 0.457 e. The Balaban J connectivity index is 1.11. The molecule has 0 unspecified atom stereocenters. The van der Waals surface area contributed by atoms with E-state index in [0.717, 1.165) is 17.0 Å². The first kappa shape index (κ1) is 38.9. The molecule has 65 heavy (non-hydrogen) atoms. The first-order valence-corrected chi connectivity index (χ1v) is 27.9. The number of pyridine rings is 1. The van der Waals surface area contributed by atoms with E-state index in [-0.39, 0.29) is 35.0 Å². The predicted octanol–water partition coefficient (Wildman–Crippen LogP) is 16.5. The molecular weight excluding hydrogens is 809 g/mol. The van der Waals surface area contributed by atoms with Crippen LogP contribution in [0.15, 0.2) is 115 Å². The summed E-state index contributed by atoms with van der Waals surface area (Å²) in [5, 5.41) is 2.48. The van der Waals surface area contributed by atoms with E-state index in [4.69, 9.17) is 15.2 Å². The van der Waals surface area contributed by atoms with Crippen molar-refractivity contribution >= 4 is 57.8 Å². The molecule has 2 fully saturated rings. The van der Waals surface area contributed by atoms with Crippen molar-refractivity contribution in [2.75, 3.05) is 16.5 Å². The van der Waals surface area contributed by atoms with Gasteiger partial charge in [0, 0.05) is 40.5 Å². The van der Waals surface area contributed by atoms with Gasteiger partial charge in [0.25, 0.3) is 0 Å². The van der Waals surface area contributed by atoms with Crippen molar-refractivity contribution in [2.45, 2.75) is 148 Å². The topological polar surface area (TPSA) is 33.5 Å². The highest BCUT2D eigenvalue weighted by molar-refractivity contribution is 6.88. The average molecular weight is 883 g/mol. The Morgan fingerprint density at radius 3 is 1.88 bits per heavy atom. The van der Waals surface area contributed by atoms with Crippen LogP contribution in [0.5, 0.6) is 11.5 Å². The first-order valence-electron chi connectivity index (χ1n) is 26.4. The highest BCUT2D eigenvalue weighted by atomic mass is 28.3. The molecule has 336 valence electrons. The predicted molar refractivity (Wildman–Crippen MR) is 279 cm³/mol. The highest BCUT2D eigenvalue weighted by Gasteiger charge is 2.36. The summed E-state index contributed by atoms with van der Waals surface area (Å²) in [5.41, 5.74) is 11.7. The Bertz CT molecular complexity index is 3070. The molecule has 0 atom stereocenters. The fourth-order valence-electron chi connectivity index (χ4n) is 10.9. The molecule has 0 amide bonds. The van der Waals surface area contributed by atoms with Crippen LogP contribution in [-0.4, -0.2) is 24.3 Å². The first-order chi connectivity index (χ1) is 32.8. The summed E-state index contributed by atoms with van der Waals surface area (Å²) in [6, 6.07) is 30.3. The molecule has 0 N–H and O–H groups in total. The van der Waals surface area contributed by atoms with Gasteiger partial charge in [0.05, 0.1) is 36.0 Å². The Hall–Kier alpha value is -5.33. The maximum atomic E-state index is 9.15. The summed E-state index contributed by atoms with van der Waals surface area (Å²) >= 11 is 0. The summed E-state index contributed by atoms with van der Waals surface area (Å²) in [4.78, 5) is 10.0. The summed E-state index contributed by atoms with van der Waals surface area (Å²) in [7, 11) is -1.90. The van der Waals surface area contributed by atoms with Crippen LogP contribution in [0.1, 0.15) is 145 Å². The molecule has 1 aliphatic heterocycles. The van der Waals surface area contributed by atoms with Gasteiger partial charge < -0.3 is 14.5 Å². The minimum atomic E-state index is -1.90.